The van der Waals surface area contributed by atoms with Crippen molar-refractivity contribution in [3.8, 4) is 5.75 Å². The maximum absolute atomic E-state index is 9.68. The number of aliphatic hydroxyl groups is 1. The molecule has 1 aromatic carbocycles. The van der Waals surface area contributed by atoms with Gasteiger partial charge in [-0.3, -0.25) is 0 Å². The third-order valence-corrected chi connectivity index (χ3v) is 2.77. The fourth-order valence-electron chi connectivity index (χ4n) is 1.81. The van der Waals surface area contributed by atoms with Crippen molar-refractivity contribution in [2.45, 2.75) is 19.1 Å². The van der Waals surface area contributed by atoms with Gasteiger partial charge in [-0.15, -0.1) is 0 Å². The van der Waals surface area contributed by atoms with E-state index in [9.17, 15) is 5.11 Å². The quantitative estimate of drug-likeness (QED) is 0.824. The number of epoxide rings is 1. The molecule has 2 aromatic rings. The smallest absolute Gasteiger partial charge is 0.175 e. The first kappa shape index (κ1) is 10.6. The second-order valence-electron chi connectivity index (χ2n) is 4.23. The van der Waals surface area contributed by atoms with Crippen LogP contribution >= 0.6 is 0 Å². The van der Waals surface area contributed by atoms with E-state index < -0.39 is 6.10 Å². The lowest BCUT2D eigenvalue weighted by Crippen LogP contribution is -2.05. The van der Waals surface area contributed by atoms with Crippen molar-refractivity contribution in [3.63, 3.8) is 0 Å². The molecule has 4 heteroatoms. The fraction of sp³-hybridized carbons (Fsp3) is 0.385. The van der Waals surface area contributed by atoms with Crippen LogP contribution in [0.15, 0.2) is 28.7 Å². The zero-order valence-corrected chi connectivity index (χ0v) is 9.55. The minimum absolute atomic E-state index is 0.186. The lowest BCUT2D eigenvalue weighted by atomic mass is 10.2. The van der Waals surface area contributed by atoms with E-state index in [0.717, 1.165) is 17.6 Å². The molecule has 1 saturated heterocycles. The van der Waals surface area contributed by atoms with Crippen LogP contribution in [0, 0.1) is 0 Å². The highest BCUT2D eigenvalue weighted by Crippen LogP contribution is 2.37. The van der Waals surface area contributed by atoms with E-state index in [4.69, 9.17) is 13.9 Å². The summed E-state index contributed by atoms with van der Waals surface area (Å²) < 4.78 is 16.4. The molecule has 1 aliphatic rings. The maximum Gasteiger partial charge on any atom is 0.175 e. The lowest BCUT2D eigenvalue weighted by molar-refractivity contribution is 0.161. The van der Waals surface area contributed by atoms with Crippen molar-refractivity contribution in [1.82, 2.24) is 0 Å². The first-order valence-corrected chi connectivity index (χ1v) is 5.69. The van der Waals surface area contributed by atoms with Gasteiger partial charge in [-0.2, -0.15) is 0 Å². The molecular weight excluding hydrogens is 220 g/mol. The van der Waals surface area contributed by atoms with Crippen LogP contribution in [0.3, 0.4) is 0 Å². The number of rotatable bonds is 4. The third-order valence-electron chi connectivity index (χ3n) is 2.77. The standard InChI is InChI=1S/C13H14O4/c1-8(14)12-13(16-7-9-6-15-9)10-4-2-3-5-11(10)17-12/h2-5,8-9,14H,6-7H2,1H3. The van der Waals surface area contributed by atoms with Crippen LogP contribution in [0.1, 0.15) is 18.8 Å². The minimum Gasteiger partial charge on any atom is -0.486 e. The molecule has 0 aliphatic carbocycles. The highest BCUT2D eigenvalue weighted by molar-refractivity contribution is 5.85. The van der Waals surface area contributed by atoms with Gasteiger partial charge in [0.2, 0.25) is 0 Å². The van der Waals surface area contributed by atoms with Crippen LogP contribution in [0.4, 0.5) is 0 Å². The molecule has 0 bridgehead atoms. The van der Waals surface area contributed by atoms with E-state index in [1.165, 1.54) is 0 Å². The van der Waals surface area contributed by atoms with Gasteiger partial charge in [0, 0.05) is 0 Å². The van der Waals surface area contributed by atoms with Gasteiger partial charge < -0.3 is 19.0 Å². The van der Waals surface area contributed by atoms with E-state index in [1.807, 2.05) is 24.3 Å². The van der Waals surface area contributed by atoms with E-state index in [1.54, 1.807) is 6.92 Å². The second kappa shape index (κ2) is 4.05. The number of ether oxygens (including phenoxy) is 2. The monoisotopic (exact) mass is 234 g/mol. The Morgan fingerprint density at radius 1 is 1.47 bits per heavy atom. The van der Waals surface area contributed by atoms with Gasteiger partial charge in [-0.1, -0.05) is 12.1 Å². The predicted molar refractivity (Wildman–Crippen MR) is 62.1 cm³/mol. The summed E-state index contributed by atoms with van der Waals surface area (Å²) in [5, 5.41) is 10.6. The van der Waals surface area contributed by atoms with Gasteiger partial charge in [-0.05, 0) is 19.1 Å². The Bertz CT molecular complexity index is 525. The Labute approximate surface area is 98.7 Å². The number of furan rings is 1. The molecule has 17 heavy (non-hydrogen) atoms. The number of hydrogen-bond acceptors (Lipinski definition) is 4. The maximum atomic E-state index is 9.68. The third kappa shape index (κ3) is 2.01. The number of benzene rings is 1. The highest BCUT2D eigenvalue weighted by Gasteiger charge is 2.26. The Balaban J connectivity index is 2.00. The molecule has 0 radical (unpaired) electrons. The van der Waals surface area contributed by atoms with Gasteiger partial charge in [-0.25, -0.2) is 0 Å². The van der Waals surface area contributed by atoms with Crippen molar-refractivity contribution in [3.05, 3.63) is 30.0 Å². The molecule has 4 nitrogen and oxygen atoms in total. The summed E-state index contributed by atoms with van der Waals surface area (Å²) in [5.41, 5.74) is 0.732. The predicted octanol–water partition coefficient (Wildman–Crippen LogP) is 2.26. The molecule has 3 rings (SSSR count). The van der Waals surface area contributed by atoms with Crippen LogP contribution in [0.5, 0.6) is 5.75 Å². The average Bonchev–Trinajstić information content (AvgIpc) is 3.07. The highest BCUT2D eigenvalue weighted by atomic mass is 16.6. The summed E-state index contributed by atoms with van der Waals surface area (Å²) >= 11 is 0. The first-order valence-electron chi connectivity index (χ1n) is 5.69. The second-order valence-corrected chi connectivity index (χ2v) is 4.23. The van der Waals surface area contributed by atoms with Crippen molar-refractivity contribution in [1.29, 1.82) is 0 Å². The molecule has 1 aliphatic heterocycles. The number of para-hydroxylation sites is 1. The largest absolute Gasteiger partial charge is 0.486 e. The normalized spacial score (nSPS) is 20.5. The molecular formula is C13H14O4. The van der Waals surface area contributed by atoms with E-state index in [0.29, 0.717) is 18.1 Å². The zero-order valence-electron chi connectivity index (χ0n) is 9.55. The molecule has 1 fully saturated rings. The Hall–Kier alpha value is -1.52. The molecule has 2 atom stereocenters. The van der Waals surface area contributed by atoms with Gasteiger partial charge in [0.15, 0.2) is 11.5 Å². The van der Waals surface area contributed by atoms with E-state index in [-0.39, 0.29) is 6.10 Å². The van der Waals surface area contributed by atoms with Gasteiger partial charge >= 0.3 is 0 Å². The summed E-state index contributed by atoms with van der Waals surface area (Å²) in [6, 6.07) is 7.60. The van der Waals surface area contributed by atoms with Gasteiger partial charge in [0.25, 0.3) is 0 Å². The molecule has 0 saturated carbocycles. The van der Waals surface area contributed by atoms with Crippen LogP contribution in [0.25, 0.3) is 11.0 Å². The Morgan fingerprint density at radius 3 is 2.94 bits per heavy atom. The van der Waals surface area contributed by atoms with Crippen molar-refractivity contribution in [2.24, 2.45) is 0 Å². The van der Waals surface area contributed by atoms with Crippen LogP contribution < -0.4 is 4.74 Å². The van der Waals surface area contributed by atoms with E-state index >= 15 is 0 Å². The zero-order chi connectivity index (χ0) is 11.8. The lowest BCUT2D eigenvalue weighted by Gasteiger charge is -2.06. The Morgan fingerprint density at radius 2 is 2.24 bits per heavy atom. The number of fused-ring (bicyclic) bond motifs is 1. The van der Waals surface area contributed by atoms with Gasteiger partial charge in [0.05, 0.1) is 12.0 Å². The fourth-order valence-corrected chi connectivity index (χ4v) is 1.81. The van der Waals surface area contributed by atoms with Crippen LogP contribution in [-0.4, -0.2) is 24.4 Å². The van der Waals surface area contributed by atoms with Crippen molar-refractivity contribution in [2.75, 3.05) is 13.2 Å². The molecule has 0 amide bonds. The van der Waals surface area contributed by atoms with Crippen molar-refractivity contribution < 1.29 is 19.0 Å². The first-order chi connectivity index (χ1) is 8.25. The molecule has 1 aromatic heterocycles. The molecule has 2 unspecified atom stereocenters. The summed E-state index contributed by atoms with van der Waals surface area (Å²) in [6.45, 7) is 2.92. The number of hydrogen-bond donors (Lipinski definition) is 1. The topological polar surface area (TPSA) is 55.1 Å². The van der Waals surface area contributed by atoms with E-state index in [2.05, 4.69) is 0 Å². The summed E-state index contributed by atoms with van der Waals surface area (Å²) in [6.07, 6.45) is -0.497. The van der Waals surface area contributed by atoms with Crippen LogP contribution in [0.2, 0.25) is 0 Å². The summed E-state index contributed by atoms with van der Waals surface area (Å²) in [7, 11) is 0. The SMILES string of the molecule is CC(O)c1oc2ccccc2c1OCC1CO1. The minimum atomic E-state index is -0.683. The number of aliphatic hydroxyl groups excluding tert-OH is 1. The molecule has 0 spiro atoms. The summed E-state index contributed by atoms with van der Waals surface area (Å²) in [4.78, 5) is 0. The molecule has 90 valence electrons. The molecule has 1 N–H and O–H groups in total. The Kier molecular flexibility index (Phi) is 2.53. The summed E-state index contributed by atoms with van der Waals surface area (Å²) in [5.74, 6) is 1.11. The average molecular weight is 234 g/mol. The van der Waals surface area contributed by atoms with Gasteiger partial charge in [0.1, 0.15) is 24.4 Å². The van der Waals surface area contributed by atoms with Crippen LogP contribution in [-0.2, 0) is 4.74 Å². The van der Waals surface area contributed by atoms with Crippen molar-refractivity contribution >= 4 is 11.0 Å². The molecule has 2 heterocycles.